The second-order valence-electron chi connectivity index (χ2n) is 4.59. The molecule has 1 aliphatic heterocycles. The Bertz CT molecular complexity index is 813. The molecule has 2 aromatic rings. The van der Waals surface area contributed by atoms with Crippen LogP contribution in [0.5, 0.6) is 0 Å². The first-order chi connectivity index (χ1) is 10.5. The summed E-state index contributed by atoms with van der Waals surface area (Å²) < 4.78 is 27.1. The van der Waals surface area contributed by atoms with Crippen LogP contribution in [0.15, 0.2) is 36.4 Å². The van der Waals surface area contributed by atoms with Gasteiger partial charge in [-0.05, 0) is 30.3 Å². The predicted molar refractivity (Wildman–Crippen MR) is 72.5 cm³/mol. The largest absolute Gasteiger partial charge is 0.322 e. The zero-order valence-electron chi connectivity index (χ0n) is 10.9. The molecule has 2 N–H and O–H groups in total. The van der Waals surface area contributed by atoms with Crippen LogP contribution in [0.2, 0.25) is 0 Å². The van der Waals surface area contributed by atoms with Crippen LogP contribution in [-0.4, -0.2) is 17.7 Å². The third-order valence-electron chi connectivity index (χ3n) is 3.18. The van der Waals surface area contributed by atoms with Gasteiger partial charge in [-0.1, -0.05) is 6.07 Å². The lowest BCUT2D eigenvalue weighted by atomic mass is 10.1. The number of amides is 3. The maximum Gasteiger partial charge on any atom is 0.261 e. The highest BCUT2D eigenvalue weighted by atomic mass is 19.1. The second kappa shape index (κ2) is 5.03. The van der Waals surface area contributed by atoms with E-state index in [4.69, 9.17) is 0 Å². The standard InChI is InChI=1S/C15H8F2N2O3/c16-10-2-1-3-11(17)12(10)15(22)18-7-4-5-8-9(6-7)14(21)19-13(8)20/h1-6H,(H,18,22)(H,19,20,21). The Morgan fingerprint density at radius 3 is 2.27 bits per heavy atom. The maximum absolute atomic E-state index is 13.5. The van der Waals surface area contributed by atoms with Crippen molar-refractivity contribution in [1.29, 1.82) is 0 Å². The van der Waals surface area contributed by atoms with Gasteiger partial charge in [0, 0.05) is 5.69 Å². The Morgan fingerprint density at radius 1 is 0.955 bits per heavy atom. The van der Waals surface area contributed by atoms with Gasteiger partial charge in [-0.25, -0.2) is 8.78 Å². The molecule has 0 atom stereocenters. The third-order valence-corrected chi connectivity index (χ3v) is 3.18. The van der Waals surface area contributed by atoms with Crippen molar-refractivity contribution >= 4 is 23.4 Å². The highest BCUT2D eigenvalue weighted by Crippen LogP contribution is 2.21. The van der Waals surface area contributed by atoms with Crippen molar-refractivity contribution in [1.82, 2.24) is 5.32 Å². The van der Waals surface area contributed by atoms with Gasteiger partial charge in [0.15, 0.2) is 0 Å². The van der Waals surface area contributed by atoms with Crippen molar-refractivity contribution in [2.45, 2.75) is 0 Å². The molecule has 0 aromatic heterocycles. The van der Waals surface area contributed by atoms with Crippen LogP contribution in [0.4, 0.5) is 14.5 Å². The van der Waals surface area contributed by atoms with E-state index >= 15 is 0 Å². The number of nitrogens with one attached hydrogen (secondary N) is 2. The van der Waals surface area contributed by atoms with Crippen molar-refractivity contribution in [2.75, 3.05) is 5.32 Å². The zero-order valence-corrected chi connectivity index (χ0v) is 10.9. The van der Waals surface area contributed by atoms with Crippen LogP contribution in [-0.2, 0) is 0 Å². The molecule has 22 heavy (non-hydrogen) atoms. The molecule has 0 fully saturated rings. The molecule has 0 radical (unpaired) electrons. The number of hydrogen-bond acceptors (Lipinski definition) is 3. The number of fused-ring (bicyclic) bond motifs is 1. The fraction of sp³-hybridized carbons (Fsp3) is 0. The average Bonchev–Trinajstić information content (AvgIpc) is 2.73. The molecule has 1 aliphatic rings. The Kier molecular flexibility index (Phi) is 3.17. The molecule has 7 heteroatoms. The number of anilines is 1. The van der Waals surface area contributed by atoms with E-state index in [-0.39, 0.29) is 16.8 Å². The monoisotopic (exact) mass is 302 g/mol. The summed E-state index contributed by atoms with van der Waals surface area (Å²) >= 11 is 0. The van der Waals surface area contributed by atoms with Gasteiger partial charge >= 0.3 is 0 Å². The summed E-state index contributed by atoms with van der Waals surface area (Å²) in [5.41, 5.74) is -0.295. The minimum atomic E-state index is -0.994. The van der Waals surface area contributed by atoms with E-state index < -0.39 is 34.9 Å². The van der Waals surface area contributed by atoms with Crippen LogP contribution in [0.1, 0.15) is 31.1 Å². The molecule has 1 heterocycles. The van der Waals surface area contributed by atoms with Gasteiger partial charge in [0.25, 0.3) is 17.7 Å². The van der Waals surface area contributed by atoms with E-state index in [2.05, 4.69) is 10.6 Å². The molecular formula is C15H8F2N2O3. The lowest BCUT2D eigenvalue weighted by Gasteiger charge is -2.07. The normalized spacial score (nSPS) is 12.8. The Morgan fingerprint density at radius 2 is 1.59 bits per heavy atom. The Hall–Kier alpha value is -3.09. The number of imide groups is 1. The zero-order chi connectivity index (χ0) is 15.9. The fourth-order valence-corrected chi connectivity index (χ4v) is 2.15. The summed E-state index contributed by atoms with van der Waals surface area (Å²) in [6.07, 6.45) is 0. The van der Waals surface area contributed by atoms with Gasteiger partial charge < -0.3 is 5.32 Å². The van der Waals surface area contributed by atoms with Gasteiger partial charge in [0.05, 0.1) is 11.1 Å². The number of carbonyl (C=O) groups excluding carboxylic acids is 3. The topological polar surface area (TPSA) is 75.3 Å². The van der Waals surface area contributed by atoms with Gasteiger partial charge in [-0.2, -0.15) is 0 Å². The van der Waals surface area contributed by atoms with Crippen LogP contribution in [0, 0.1) is 11.6 Å². The minimum Gasteiger partial charge on any atom is -0.322 e. The molecule has 0 saturated carbocycles. The van der Waals surface area contributed by atoms with E-state index in [0.29, 0.717) is 0 Å². The van der Waals surface area contributed by atoms with Crippen LogP contribution in [0.3, 0.4) is 0 Å². The SMILES string of the molecule is O=C1NC(=O)c2cc(NC(=O)c3c(F)cccc3F)ccc21. The minimum absolute atomic E-state index is 0.0943. The lowest BCUT2D eigenvalue weighted by molar-refractivity contribution is 0.0878. The summed E-state index contributed by atoms with van der Waals surface area (Å²) in [6, 6.07) is 7.06. The third kappa shape index (κ3) is 2.22. The Labute approximate surface area is 122 Å². The first-order valence-corrected chi connectivity index (χ1v) is 6.22. The number of hydrogen-bond donors (Lipinski definition) is 2. The molecule has 0 aliphatic carbocycles. The van der Waals surface area contributed by atoms with E-state index in [9.17, 15) is 23.2 Å². The van der Waals surface area contributed by atoms with E-state index in [0.717, 1.165) is 18.2 Å². The first-order valence-electron chi connectivity index (χ1n) is 6.22. The van der Waals surface area contributed by atoms with Crippen molar-refractivity contribution in [3.05, 3.63) is 64.7 Å². The van der Waals surface area contributed by atoms with E-state index in [1.54, 1.807) is 0 Å². The van der Waals surface area contributed by atoms with Crippen molar-refractivity contribution in [3.63, 3.8) is 0 Å². The van der Waals surface area contributed by atoms with Gasteiger partial charge in [-0.15, -0.1) is 0 Å². The van der Waals surface area contributed by atoms with Crippen LogP contribution >= 0.6 is 0 Å². The molecule has 0 saturated heterocycles. The first kappa shape index (κ1) is 13.9. The number of halogens is 2. The quantitative estimate of drug-likeness (QED) is 0.834. The van der Waals surface area contributed by atoms with E-state index in [1.807, 2.05) is 0 Å². The molecule has 3 amide bonds. The second-order valence-corrected chi connectivity index (χ2v) is 4.59. The predicted octanol–water partition coefficient (Wildman–Crippen LogP) is 2.10. The van der Waals surface area contributed by atoms with Crippen LogP contribution < -0.4 is 10.6 Å². The molecule has 0 unspecified atom stereocenters. The summed E-state index contributed by atoms with van der Waals surface area (Å²) in [4.78, 5) is 34.9. The van der Waals surface area contributed by atoms with Gasteiger partial charge in [-0.3, -0.25) is 19.7 Å². The Balaban J connectivity index is 1.91. The van der Waals surface area contributed by atoms with E-state index in [1.165, 1.54) is 18.2 Å². The summed E-state index contributed by atoms with van der Waals surface area (Å²) in [6.45, 7) is 0. The maximum atomic E-state index is 13.5. The number of benzene rings is 2. The highest BCUT2D eigenvalue weighted by Gasteiger charge is 2.27. The molecule has 5 nitrogen and oxygen atoms in total. The average molecular weight is 302 g/mol. The van der Waals surface area contributed by atoms with Crippen LogP contribution in [0.25, 0.3) is 0 Å². The smallest absolute Gasteiger partial charge is 0.261 e. The fourth-order valence-electron chi connectivity index (χ4n) is 2.15. The van der Waals surface area contributed by atoms with Crippen molar-refractivity contribution in [3.8, 4) is 0 Å². The summed E-state index contributed by atoms with van der Waals surface area (Å²) in [5.74, 6) is -4.09. The lowest BCUT2D eigenvalue weighted by Crippen LogP contribution is -2.19. The highest BCUT2D eigenvalue weighted by molar-refractivity contribution is 6.22. The molecule has 0 bridgehead atoms. The van der Waals surface area contributed by atoms with Crippen molar-refractivity contribution in [2.24, 2.45) is 0 Å². The number of rotatable bonds is 2. The number of carbonyl (C=O) groups is 3. The van der Waals surface area contributed by atoms with Gasteiger partial charge in [0.1, 0.15) is 17.2 Å². The molecule has 110 valence electrons. The summed E-state index contributed by atoms with van der Waals surface area (Å²) in [7, 11) is 0. The van der Waals surface area contributed by atoms with Crippen molar-refractivity contribution < 1.29 is 23.2 Å². The van der Waals surface area contributed by atoms with Gasteiger partial charge in [0.2, 0.25) is 0 Å². The molecule has 0 spiro atoms. The molecular weight excluding hydrogens is 294 g/mol. The summed E-state index contributed by atoms with van der Waals surface area (Å²) in [5, 5.41) is 4.40. The molecule has 3 rings (SSSR count). The molecule has 2 aromatic carbocycles.